The van der Waals surface area contributed by atoms with Crippen LogP contribution in [0.1, 0.15) is 36.2 Å². The van der Waals surface area contributed by atoms with E-state index in [-0.39, 0.29) is 12.0 Å². The van der Waals surface area contributed by atoms with E-state index < -0.39 is 0 Å². The number of hydrogen-bond acceptors (Lipinski definition) is 2. The number of aromatic nitrogens is 1. The lowest BCUT2D eigenvalue weighted by Gasteiger charge is -2.25. The zero-order valence-electron chi connectivity index (χ0n) is 10.2. The van der Waals surface area contributed by atoms with Gasteiger partial charge < -0.3 is 15.0 Å². The molecular weight excluding hydrogens is 216 g/mol. The average Bonchev–Trinajstić information content (AvgIpc) is 2.72. The third-order valence-electron chi connectivity index (χ3n) is 3.48. The molecule has 1 saturated carbocycles. The molecular formula is C13H20N2O2. The SMILES string of the molecule is Cn1cccc1C(=O)NCC1CCCC(O)C1. The quantitative estimate of drug-likeness (QED) is 0.831. The number of aryl methyl sites for hydroxylation is 1. The molecule has 1 aromatic rings. The molecule has 0 radical (unpaired) electrons. The molecule has 2 atom stereocenters. The van der Waals surface area contributed by atoms with Gasteiger partial charge in [0.15, 0.2) is 0 Å². The maximum atomic E-state index is 11.9. The van der Waals surface area contributed by atoms with Crippen molar-refractivity contribution in [3.05, 3.63) is 24.0 Å². The molecule has 2 rings (SSSR count). The van der Waals surface area contributed by atoms with E-state index >= 15 is 0 Å². The number of hydrogen-bond donors (Lipinski definition) is 2. The molecule has 0 aromatic carbocycles. The Morgan fingerprint density at radius 2 is 2.41 bits per heavy atom. The van der Waals surface area contributed by atoms with Crippen molar-refractivity contribution in [2.75, 3.05) is 6.54 Å². The third-order valence-corrected chi connectivity index (χ3v) is 3.48. The summed E-state index contributed by atoms with van der Waals surface area (Å²) in [6.45, 7) is 0.668. The first-order chi connectivity index (χ1) is 8.16. The van der Waals surface area contributed by atoms with Crippen LogP contribution < -0.4 is 5.32 Å². The Hall–Kier alpha value is -1.29. The van der Waals surface area contributed by atoms with Crippen LogP contribution >= 0.6 is 0 Å². The highest BCUT2D eigenvalue weighted by molar-refractivity contribution is 5.92. The summed E-state index contributed by atoms with van der Waals surface area (Å²) < 4.78 is 1.81. The van der Waals surface area contributed by atoms with Crippen LogP contribution in [0.3, 0.4) is 0 Å². The zero-order valence-corrected chi connectivity index (χ0v) is 10.2. The van der Waals surface area contributed by atoms with Crippen molar-refractivity contribution in [1.29, 1.82) is 0 Å². The van der Waals surface area contributed by atoms with Gasteiger partial charge in [0.25, 0.3) is 5.91 Å². The number of carbonyl (C=O) groups excluding carboxylic acids is 1. The van der Waals surface area contributed by atoms with Gasteiger partial charge in [-0.1, -0.05) is 6.42 Å². The molecule has 4 heteroatoms. The molecule has 1 aliphatic carbocycles. The summed E-state index contributed by atoms with van der Waals surface area (Å²) in [6, 6.07) is 3.67. The van der Waals surface area contributed by atoms with E-state index in [0.717, 1.165) is 25.7 Å². The van der Waals surface area contributed by atoms with Crippen molar-refractivity contribution >= 4 is 5.91 Å². The maximum Gasteiger partial charge on any atom is 0.267 e. The second kappa shape index (κ2) is 5.36. The number of nitrogens with one attached hydrogen (secondary N) is 1. The van der Waals surface area contributed by atoms with Gasteiger partial charge in [-0.2, -0.15) is 0 Å². The Balaban J connectivity index is 1.82. The predicted octanol–water partition coefficient (Wildman–Crippen LogP) is 1.31. The minimum absolute atomic E-state index is 0.0300. The van der Waals surface area contributed by atoms with Gasteiger partial charge >= 0.3 is 0 Å². The van der Waals surface area contributed by atoms with Crippen LogP contribution in [0.25, 0.3) is 0 Å². The Morgan fingerprint density at radius 3 is 3.06 bits per heavy atom. The fourth-order valence-electron chi connectivity index (χ4n) is 2.47. The van der Waals surface area contributed by atoms with Crippen LogP contribution in [-0.4, -0.2) is 28.2 Å². The highest BCUT2D eigenvalue weighted by Crippen LogP contribution is 2.23. The lowest BCUT2D eigenvalue weighted by Crippen LogP contribution is -2.33. The number of aliphatic hydroxyl groups excluding tert-OH is 1. The van der Waals surface area contributed by atoms with Crippen LogP contribution in [-0.2, 0) is 7.05 Å². The summed E-state index contributed by atoms with van der Waals surface area (Å²) in [5, 5.41) is 12.5. The van der Waals surface area contributed by atoms with Crippen molar-refractivity contribution in [3.8, 4) is 0 Å². The smallest absolute Gasteiger partial charge is 0.267 e. The fraction of sp³-hybridized carbons (Fsp3) is 0.615. The molecule has 1 heterocycles. The minimum Gasteiger partial charge on any atom is -0.393 e. The third kappa shape index (κ3) is 3.09. The van der Waals surface area contributed by atoms with Crippen LogP contribution in [0.5, 0.6) is 0 Å². The molecule has 1 amide bonds. The molecule has 4 nitrogen and oxygen atoms in total. The second-order valence-corrected chi connectivity index (χ2v) is 4.90. The molecule has 0 aliphatic heterocycles. The van der Waals surface area contributed by atoms with Gasteiger partial charge in [0.05, 0.1) is 6.10 Å². The van der Waals surface area contributed by atoms with Gasteiger partial charge in [0.2, 0.25) is 0 Å². The van der Waals surface area contributed by atoms with Crippen molar-refractivity contribution in [2.24, 2.45) is 13.0 Å². The molecule has 2 unspecified atom stereocenters. The van der Waals surface area contributed by atoms with Crippen LogP contribution in [0.2, 0.25) is 0 Å². The first-order valence-electron chi connectivity index (χ1n) is 6.24. The van der Waals surface area contributed by atoms with Gasteiger partial charge in [-0.15, -0.1) is 0 Å². The molecule has 17 heavy (non-hydrogen) atoms. The largest absolute Gasteiger partial charge is 0.393 e. The molecule has 1 aromatic heterocycles. The van der Waals surface area contributed by atoms with Crippen molar-refractivity contribution < 1.29 is 9.90 Å². The van der Waals surface area contributed by atoms with Gasteiger partial charge in [0.1, 0.15) is 5.69 Å². The van der Waals surface area contributed by atoms with E-state index in [1.807, 2.05) is 29.9 Å². The average molecular weight is 236 g/mol. The zero-order chi connectivity index (χ0) is 12.3. The lowest BCUT2D eigenvalue weighted by atomic mass is 9.87. The summed E-state index contributed by atoms with van der Waals surface area (Å²) in [7, 11) is 1.86. The summed E-state index contributed by atoms with van der Waals surface area (Å²) >= 11 is 0. The molecule has 1 aliphatic rings. The van der Waals surface area contributed by atoms with Crippen molar-refractivity contribution in [1.82, 2.24) is 9.88 Å². The van der Waals surface area contributed by atoms with E-state index in [1.165, 1.54) is 0 Å². The predicted molar refractivity (Wildman–Crippen MR) is 65.7 cm³/mol. The number of rotatable bonds is 3. The molecule has 0 spiro atoms. The second-order valence-electron chi connectivity index (χ2n) is 4.90. The summed E-state index contributed by atoms with van der Waals surface area (Å²) in [6.07, 6.45) is 5.56. The highest BCUT2D eigenvalue weighted by Gasteiger charge is 2.20. The summed E-state index contributed by atoms with van der Waals surface area (Å²) in [5.74, 6) is 0.389. The minimum atomic E-state index is -0.180. The van der Waals surface area contributed by atoms with Crippen LogP contribution in [0, 0.1) is 5.92 Å². The van der Waals surface area contributed by atoms with E-state index in [9.17, 15) is 9.90 Å². The lowest BCUT2D eigenvalue weighted by molar-refractivity contribution is 0.0868. The Labute approximate surface area is 102 Å². The van der Waals surface area contributed by atoms with E-state index in [4.69, 9.17) is 0 Å². The number of aliphatic hydroxyl groups is 1. The topological polar surface area (TPSA) is 54.3 Å². The van der Waals surface area contributed by atoms with Gasteiger partial charge in [-0.3, -0.25) is 4.79 Å². The standard InChI is InChI=1S/C13H20N2O2/c1-15-7-3-6-12(15)13(17)14-9-10-4-2-5-11(16)8-10/h3,6-7,10-11,16H,2,4-5,8-9H2,1H3,(H,14,17). The molecule has 0 bridgehead atoms. The monoisotopic (exact) mass is 236 g/mol. The fourth-order valence-corrected chi connectivity index (χ4v) is 2.47. The van der Waals surface area contributed by atoms with Crippen molar-refractivity contribution in [2.45, 2.75) is 31.8 Å². The molecule has 0 saturated heterocycles. The summed E-state index contributed by atoms with van der Waals surface area (Å²) in [5.41, 5.74) is 0.682. The van der Waals surface area contributed by atoms with E-state index in [2.05, 4.69) is 5.32 Å². The van der Waals surface area contributed by atoms with Crippen LogP contribution in [0.4, 0.5) is 0 Å². The number of nitrogens with zero attached hydrogens (tertiary/aromatic N) is 1. The van der Waals surface area contributed by atoms with Gasteiger partial charge in [-0.05, 0) is 37.3 Å². The Kier molecular flexibility index (Phi) is 3.84. The van der Waals surface area contributed by atoms with Gasteiger partial charge in [-0.25, -0.2) is 0 Å². The van der Waals surface area contributed by atoms with E-state index in [0.29, 0.717) is 18.2 Å². The highest BCUT2D eigenvalue weighted by atomic mass is 16.3. The molecule has 1 fully saturated rings. The first-order valence-corrected chi connectivity index (χ1v) is 6.24. The van der Waals surface area contributed by atoms with Crippen molar-refractivity contribution in [3.63, 3.8) is 0 Å². The Morgan fingerprint density at radius 1 is 1.59 bits per heavy atom. The molecule has 2 N–H and O–H groups in total. The number of carbonyl (C=O) groups is 1. The van der Waals surface area contributed by atoms with E-state index in [1.54, 1.807) is 0 Å². The van der Waals surface area contributed by atoms with Crippen LogP contribution in [0.15, 0.2) is 18.3 Å². The Bertz CT molecular complexity index is 387. The maximum absolute atomic E-state index is 11.9. The van der Waals surface area contributed by atoms with Gasteiger partial charge in [0, 0.05) is 19.8 Å². The first kappa shape index (κ1) is 12.2. The normalized spacial score (nSPS) is 24.6. The summed E-state index contributed by atoms with van der Waals surface area (Å²) in [4.78, 5) is 11.9. The number of amides is 1. The molecule has 94 valence electrons.